The first-order valence-electron chi connectivity index (χ1n) is 10.1. The second-order valence-corrected chi connectivity index (χ2v) is 6.90. The van der Waals surface area contributed by atoms with Crippen molar-refractivity contribution < 1.29 is 18.9 Å². The molecule has 0 aliphatic rings. The molecule has 156 valence electrons. The summed E-state index contributed by atoms with van der Waals surface area (Å²) < 4.78 is 22.4. The molecule has 0 aliphatic carbocycles. The highest BCUT2D eigenvalue weighted by Gasteiger charge is 2.01. The lowest BCUT2D eigenvalue weighted by molar-refractivity contribution is 0.119. The average molecular weight is 412 g/mol. The molecule has 4 aromatic rings. The van der Waals surface area contributed by atoms with E-state index < -0.39 is 0 Å². The fourth-order valence-corrected chi connectivity index (χ4v) is 3.01. The molecule has 31 heavy (non-hydrogen) atoms. The van der Waals surface area contributed by atoms with E-state index >= 15 is 0 Å². The van der Waals surface area contributed by atoms with Crippen LogP contribution in [0.3, 0.4) is 0 Å². The van der Waals surface area contributed by atoms with Crippen LogP contribution in [0.15, 0.2) is 109 Å². The van der Waals surface area contributed by atoms with Crippen LogP contribution in [-0.4, -0.2) is 13.6 Å². The Kier molecular flexibility index (Phi) is 7.05. The number of hydrogen-bond donors (Lipinski definition) is 0. The van der Waals surface area contributed by atoms with Gasteiger partial charge in [-0.2, -0.15) is 0 Å². The van der Waals surface area contributed by atoms with E-state index in [1.165, 1.54) is 11.1 Å². The van der Waals surface area contributed by atoms with Gasteiger partial charge in [-0.25, -0.2) is 0 Å². The minimum absolute atomic E-state index is 0.179. The van der Waals surface area contributed by atoms with E-state index in [1.807, 2.05) is 84.9 Å². The third kappa shape index (κ3) is 6.54. The van der Waals surface area contributed by atoms with Gasteiger partial charge >= 0.3 is 0 Å². The second kappa shape index (κ2) is 10.7. The second-order valence-electron chi connectivity index (χ2n) is 6.90. The van der Waals surface area contributed by atoms with Crippen LogP contribution in [0.2, 0.25) is 0 Å². The van der Waals surface area contributed by atoms with Crippen LogP contribution in [0.1, 0.15) is 11.1 Å². The van der Waals surface area contributed by atoms with Crippen LogP contribution < -0.4 is 18.9 Å². The fraction of sp³-hybridized carbons (Fsp3) is 0.111. The normalized spacial score (nSPS) is 10.3. The van der Waals surface area contributed by atoms with E-state index in [0.717, 1.165) is 29.4 Å². The van der Waals surface area contributed by atoms with Gasteiger partial charge in [0.1, 0.15) is 23.0 Å². The summed E-state index contributed by atoms with van der Waals surface area (Å²) in [6.07, 6.45) is 0.835. The summed E-state index contributed by atoms with van der Waals surface area (Å²) >= 11 is 0. The van der Waals surface area contributed by atoms with Crippen molar-refractivity contribution in [2.24, 2.45) is 0 Å². The summed E-state index contributed by atoms with van der Waals surface area (Å²) in [5.74, 6) is 3.14. The summed E-state index contributed by atoms with van der Waals surface area (Å²) in [7, 11) is 0. The minimum Gasteiger partial charge on any atom is -0.458 e. The predicted octanol–water partition coefficient (Wildman–Crippen LogP) is 6.11. The molecule has 0 saturated heterocycles. The van der Waals surface area contributed by atoms with Crippen LogP contribution >= 0.6 is 0 Å². The third-order valence-electron chi connectivity index (χ3n) is 4.64. The maximum absolute atomic E-state index is 5.65. The molecule has 0 radical (unpaired) electrons. The highest BCUT2D eigenvalue weighted by Crippen LogP contribution is 2.19. The molecule has 4 heteroatoms. The first kappa shape index (κ1) is 20.4. The Morgan fingerprint density at radius 2 is 0.677 bits per heavy atom. The first-order chi connectivity index (χ1) is 15.3. The molecule has 0 unspecified atom stereocenters. The summed E-state index contributed by atoms with van der Waals surface area (Å²) in [4.78, 5) is 0. The monoisotopic (exact) mass is 412 g/mol. The van der Waals surface area contributed by atoms with E-state index in [0.29, 0.717) is 0 Å². The third-order valence-corrected chi connectivity index (χ3v) is 4.64. The van der Waals surface area contributed by atoms with Crippen molar-refractivity contribution in [3.8, 4) is 23.0 Å². The quantitative estimate of drug-likeness (QED) is 0.295. The summed E-state index contributed by atoms with van der Waals surface area (Å²) in [6.45, 7) is 0.359. The molecule has 0 aliphatic heterocycles. The molecular weight excluding hydrogens is 388 g/mol. The molecule has 0 spiro atoms. The lowest BCUT2D eigenvalue weighted by atomic mass is 10.0. The van der Waals surface area contributed by atoms with Crippen LogP contribution in [-0.2, 0) is 6.42 Å². The van der Waals surface area contributed by atoms with Gasteiger partial charge in [-0.15, -0.1) is 0 Å². The Morgan fingerprint density at radius 1 is 0.355 bits per heavy atom. The number of ether oxygens (including phenoxy) is 4. The molecule has 0 heterocycles. The molecule has 4 nitrogen and oxygen atoms in total. The summed E-state index contributed by atoms with van der Waals surface area (Å²) in [6, 6.07) is 35.3. The van der Waals surface area contributed by atoms with Crippen molar-refractivity contribution in [2.45, 2.75) is 6.42 Å². The van der Waals surface area contributed by atoms with Crippen molar-refractivity contribution in [2.75, 3.05) is 13.6 Å². The van der Waals surface area contributed by atoms with Gasteiger partial charge in [0, 0.05) is 0 Å². The molecule has 0 amide bonds. The maximum atomic E-state index is 5.65. The van der Waals surface area contributed by atoms with E-state index in [2.05, 4.69) is 24.3 Å². The Hall–Kier alpha value is -3.92. The van der Waals surface area contributed by atoms with Gasteiger partial charge in [-0.05, 0) is 66.1 Å². The lowest BCUT2D eigenvalue weighted by Gasteiger charge is -2.10. The molecule has 4 aromatic carbocycles. The van der Waals surface area contributed by atoms with Crippen molar-refractivity contribution in [3.63, 3.8) is 0 Å². The van der Waals surface area contributed by atoms with Crippen LogP contribution in [0.25, 0.3) is 0 Å². The van der Waals surface area contributed by atoms with Crippen LogP contribution in [0, 0.1) is 0 Å². The molecule has 0 atom stereocenters. The van der Waals surface area contributed by atoms with Crippen molar-refractivity contribution in [1.82, 2.24) is 0 Å². The zero-order valence-electron chi connectivity index (χ0n) is 17.1. The zero-order valence-corrected chi connectivity index (χ0v) is 17.1. The lowest BCUT2D eigenvalue weighted by Crippen LogP contribution is -2.05. The van der Waals surface area contributed by atoms with E-state index in [1.54, 1.807) is 0 Å². The van der Waals surface area contributed by atoms with Gasteiger partial charge in [0.05, 0.1) is 0 Å². The summed E-state index contributed by atoms with van der Waals surface area (Å²) in [5, 5.41) is 0. The Labute approximate surface area is 182 Å². The zero-order chi connectivity index (χ0) is 21.1. The fourth-order valence-electron chi connectivity index (χ4n) is 3.01. The molecule has 0 N–H and O–H groups in total. The largest absolute Gasteiger partial charge is 0.458 e. The Balaban J connectivity index is 1.21. The molecule has 0 aromatic heterocycles. The number of rotatable bonds is 10. The minimum atomic E-state index is 0.179. The van der Waals surface area contributed by atoms with Gasteiger partial charge < -0.3 is 18.9 Å². The van der Waals surface area contributed by atoms with Crippen LogP contribution in [0.4, 0.5) is 0 Å². The maximum Gasteiger partial charge on any atom is 0.230 e. The van der Waals surface area contributed by atoms with Crippen molar-refractivity contribution >= 4 is 0 Å². The van der Waals surface area contributed by atoms with E-state index in [4.69, 9.17) is 18.9 Å². The van der Waals surface area contributed by atoms with Gasteiger partial charge in [0.25, 0.3) is 0 Å². The van der Waals surface area contributed by atoms with Crippen molar-refractivity contribution in [3.05, 3.63) is 120 Å². The number of para-hydroxylation sites is 2. The molecule has 4 rings (SSSR count). The van der Waals surface area contributed by atoms with E-state index in [-0.39, 0.29) is 13.6 Å². The SMILES string of the molecule is c1ccc(OCOc2ccc(Cc3ccc(OCOc4ccccc4)cc3)cc2)cc1. The standard InChI is InChI=1S/C27H24O4/c1-3-7-24(8-4-1)28-20-30-26-15-11-22(12-16-26)19-23-13-17-27(18-14-23)31-21-29-25-9-5-2-6-10-25/h1-18H,19-21H2. The first-order valence-corrected chi connectivity index (χ1v) is 10.1. The average Bonchev–Trinajstić information content (AvgIpc) is 2.83. The van der Waals surface area contributed by atoms with Gasteiger partial charge in [-0.3, -0.25) is 0 Å². The molecule has 0 fully saturated rings. The number of hydrogen-bond acceptors (Lipinski definition) is 4. The Morgan fingerprint density at radius 3 is 1.03 bits per heavy atom. The van der Waals surface area contributed by atoms with Crippen LogP contribution in [0.5, 0.6) is 23.0 Å². The highest BCUT2D eigenvalue weighted by molar-refractivity contribution is 5.34. The Bertz CT molecular complexity index is 943. The summed E-state index contributed by atoms with van der Waals surface area (Å²) in [5.41, 5.74) is 2.41. The molecule has 0 saturated carbocycles. The molecular formula is C27H24O4. The van der Waals surface area contributed by atoms with E-state index in [9.17, 15) is 0 Å². The number of benzene rings is 4. The van der Waals surface area contributed by atoms with Gasteiger partial charge in [0.2, 0.25) is 13.6 Å². The predicted molar refractivity (Wildman–Crippen MR) is 121 cm³/mol. The van der Waals surface area contributed by atoms with Gasteiger partial charge in [0.15, 0.2) is 0 Å². The smallest absolute Gasteiger partial charge is 0.230 e. The van der Waals surface area contributed by atoms with Gasteiger partial charge in [-0.1, -0.05) is 60.7 Å². The highest BCUT2D eigenvalue weighted by atomic mass is 16.7. The topological polar surface area (TPSA) is 36.9 Å². The van der Waals surface area contributed by atoms with Crippen molar-refractivity contribution in [1.29, 1.82) is 0 Å². The molecule has 0 bridgehead atoms.